The Morgan fingerprint density at radius 3 is 2.52 bits per heavy atom. The first kappa shape index (κ1) is 18.6. The van der Waals surface area contributed by atoms with E-state index in [4.69, 9.17) is 0 Å². The number of carbonyl (C=O) groups is 3. The van der Waals surface area contributed by atoms with Crippen molar-refractivity contribution >= 4 is 23.5 Å². The lowest BCUT2D eigenvalue weighted by atomic mass is 9.87. The van der Waals surface area contributed by atoms with E-state index in [-0.39, 0.29) is 5.69 Å². The van der Waals surface area contributed by atoms with Crippen LogP contribution in [0, 0.1) is 12.7 Å². The van der Waals surface area contributed by atoms with Gasteiger partial charge in [-0.25, -0.2) is 9.18 Å². The molecule has 0 radical (unpaired) electrons. The summed E-state index contributed by atoms with van der Waals surface area (Å²) in [6, 6.07) is 12.6. The monoisotopic (exact) mass is 369 g/mol. The van der Waals surface area contributed by atoms with E-state index in [1.54, 1.807) is 44.2 Å². The SMILES string of the molecule is CC[C@@]1(c2ccccc2)NC(=O)N(CC(=O)Nc2ccc(C)c(F)c2)C1=O. The van der Waals surface area contributed by atoms with E-state index < -0.39 is 35.7 Å². The van der Waals surface area contributed by atoms with Crippen molar-refractivity contribution in [2.45, 2.75) is 25.8 Å². The molecule has 2 aromatic rings. The molecule has 0 spiro atoms. The highest BCUT2D eigenvalue weighted by atomic mass is 19.1. The minimum atomic E-state index is -1.19. The number of hydrogen-bond acceptors (Lipinski definition) is 3. The number of amides is 4. The van der Waals surface area contributed by atoms with Gasteiger partial charge in [0, 0.05) is 5.69 Å². The molecule has 0 aromatic heterocycles. The summed E-state index contributed by atoms with van der Waals surface area (Å²) in [5.41, 5.74) is 0.196. The first-order chi connectivity index (χ1) is 12.9. The lowest BCUT2D eigenvalue weighted by molar-refractivity contribution is -0.134. The third kappa shape index (κ3) is 3.40. The van der Waals surface area contributed by atoms with E-state index in [0.29, 0.717) is 17.5 Å². The Morgan fingerprint density at radius 1 is 1.19 bits per heavy atom. The van der Waals surface area contributed by atoms with Gasteiger partial charge >= 0.3 is 6.03 Å². The van der Waals surface area contributed by atoms with Gasteiger partial charge in [0.25, 0.3) is 5.91 Å². The lowest BCUT2D eigenvalue weighted by Crippen LogP contribution is -2.44. The van der Waals surface area contributed by atoms with Gasteiger partial charge in [0.2, 0.25) is 5.91 Å². The predicted octanol–water partition coefficient (Wildman–Crippen LogP) is 2.93. The van der Waals surface area contributed by atoms with Crippen molar-refractivity contribution in [1.29, 1.82) is 0 Å². The Morgan fingerprint density at radius 2 is 1.89 bits per heavy atom. The average Bonchev–Trinajstić information content (AvgIpc) is 2.90. The second-order valence-electron chi connectivity index (χ2n) is 6.46. The lowest BCUT2D eigenvalue weighted by Gasteiger charge is -2.25. The molecule has 1 heterocycles. The number of imide groups is 1. The highest BCUT2D eigenvalue weighted by molar-refractivity contribution is 6.10. The van der Waals surface area contributed by atoms with Crippen LogP contribution in [0.1, 0.15) is 24.5 Å². The van der Waals surface area contributed by atoms with Gasteiger partial charge in [-0.1, -0.05) is 43.3 Å². The van der Waals surface area contributed by atoms with Crippen molar-refractivity contribution in [3.63, 3.8) is 0 Å². The summed E-state index contributed by atoms with van der Waals surface area (Å²) in [5, 5.41) is 5.23. The van der Waals surface area contributed by atoms with Gasteiger partial charge < -0.3 is 10.6 Å². The number of halogens is 1. The zero-order chi connectivity index (χ0) is 19.6. The highest BCUT2D eigenvalue weighted by Crippen LogP contribution is 2.32. The topological polar surface area (TPSA) is 78.5 Å². The molecule has 2 N–H and O–H groups in total. The summed E-state index contributed by atoms with van der Waals surface area (Å²) in [6.45, 7) is 2.96. The van der Waals surface area contributed by atoms with Crippen LogP contribution in [0.15, 0.2) is 48.5 Å². The van der Waals surface area contributed by atoms with Gasteiger partial charge in [0.1, 0.15) is 17.9 Å². The number of nitrogens with zero attached hydrogens (tertiary/aromatic N) is 1. The Labute approximate surface area is 156 Å². The zero-order valence-electron chi connectivity index (χ0n) is 15.1. The maximum Gasteiger partial charge on any atom is 0.325 e. The third-order valence-corrected chi connectivity index (χ3v) is 4.73. The molecule has 0 aliphatic carbocycles. The molecule has 1 saturated heterocycles. The van der Waals surface area contributed by atoms with Gasteiger partial charge in [-0.05, 0) is 36.6 Å². The summed E-state index contributed by atoms with van der Waals surface area (Å²) in [6.07, 6.45) is 0.350. The summed E-state index contributed by atoms with van der Waals surface area (Å²) >= 11 is 0. The summed E-state index contributed by atoms with van der Waals surface area (Å²) < 4.78 is 13.6. The summed E-state index contributed by atoms with van der Waals surface area (Å²) in [4.78, 5) is 38.5. The van der Waals surface area contributed by atoms with Gasteiger partial charge in [-0.2, -0.15) is 0 Å². The van der Waals surface area contributed by atoms with Crippen LogP contribution < -0.4 is 10.6 Å². The van der Waals surface area contributed by atoms with Crippen LogP contribution in [0.25, 0.3) is 0 Å². The Bertz CT molecular complexity index is 901. The van der Waals surface area contributed by atoms with Gasteiger partial charge in [-0.3, -0.25) is 14.5 Å². The molecule has 4 amide bonds. The van der Waals surface area contributed by atoms with E-state index in [0.717, 1.165) is 4.90 Å². The van der Waals surface area contributed by atoms with E-state index in [1.165, 1.54) is 12.1 Å². The van der Waals surface area contributed by atoms with Crippen LogP contribution in [0.2, 0.25) is 0 Å². The normalized spacial score (nSPS) is 19.1. The molecule has 27 heavy (non-hydrogen) atoms. The molecular weight excluding hydrogens is 349 g/mol. The molecule has 1 aliphatic heterocycles. The van der Waals surface area contributed by atoms with Crippen LogP contribution >= 0.6 is 0 Å². The van der Waals surface area contributed by atoms with Crippen molar-refractivity contribution in [3.05, 3.63) is 65.5 Å². The maximum absolute atomic E-state index is 13.6. The van der Waals surface area contributed by atoms with Crippen LogP contribution in [0.3, 0.4) is 0 Å². The van der Waals surface area contributed by atoms with E-state index >= 15 is 0 Å². The maximum atomic E-state index is 13.6. The zero-order valence-corrected chi connectivity index (χ0v) is 15.1. The minimum absolute atomic E-state index is 0.264. The number of anilines is 1. The fourth-order valence-corrected chi connectivity index (χ4v) is 3.15. The van der Waals surface area contributed by atoms with E-state index in [9.17, 15) is 18.8 Å². The molecule has 7 heteroatoms. The molecule has 2 aromatic carbocycles. The van der Waals surface area contributed by atoms with Crippen LogP contribution in [0.4, 0.5) is 14.9 Å². The number of benzene rings is 2. The molecule has 0 unspecified atom stereocenters. The Kier molecular flexibility index (Phi) is 4.94. The molecule has 1 fully saturated rings. The molecule has 1 atom stereocenters. The molecule has 6 nitrogen and oxygen atoms in total. The quantitative estimate of drug-likeness (QED) is 0.796. The third-order valence-electron chi connectivity index (χ3n) is 4.73. The minimum Gasteiger partial charge on any atom is -0.324 e. The van der Waals surface area contributed by atoms with Crippen molar-refractivity contribution in [1.82, 2.24) is 10.2 Å². The van der Waals surface area contributed by atoms with Crippen molar-refractivity contribution in [3.8, 4) is 0 Å². The number of aryl methyl sites for hydroxylation is 1. The van der Waals surface area contributed by atoms with Gasteiger partial charge in [0.05, 0.1) is 0 Å². The largest absolute Gasteiger partial charge is 0.325 e. The molecule has 140 valence electrons. The van der Waals surface area contributed by atoms with Crippen molar-refractivity contribution < 1.29 is 18.8 Å². The van der Waals surface area contributed by atoms with Crippen molar-refractivity contribution in [2.75, 3.05) is 11.9 Å². The Balaban J connectivity index is 1.77. The number of hydrogen-bond donors (Lipinski definition) is 2. The molecule has 1 aliphatic rings. The molecule has 0 bridgehead atoms. The van der Waals surface area contributed by atoms with E-state index in [1.807, 2.05) is 6.07 Å². The Hall–Kier alpha value is -3.22. The summed E-state index contributed by atoms with van der Waals surface area (Å²) in [5.74, 6) is -1.51. The second kappa shape index (κ2) is 7.19. The predicted molar refractivity (Wildman–Crippen MR) is 98.4 cm³/mol. The fraction of sp³-hybridized carbons (Fsp3) is 0.250. The number of urea groups is 1. The second-order valence-corrected chi connectivity index (χ2v) is 6.46. The fourth-order valence-electron chi connectivity index (χ4n) is 3.15. The standard InChI is InChI=1S/C20H20FN3O3/c1-3-20(14-7-5-4-6-8-14)18(26)24(19(27)23-20)12-17(25)22-15-10-9-13(2)16(21)11-15/h4-11H,3,12H2,1-2H3,(H,22,25)(H,23,27)/t20-/m0/s1. The highest BCUT2D eigenvalue weighted by Gasteiger charge is 2.51. The number of nitrogens with one attached hydrogen (secondary N) is 2. The first-order valence-corrected chi connectivity index (χ1v) is 8.63. The van der Waals surface area contributed by atoms with Crippen LogP contribution in [-0.2, 0) is 15.1 Å². The average molecular weight is 369 g/mol. The smallest absolute Gasteiger partial charge is 0.324 e. The number of carbonyl (C=O) groups excluding carboxylic acids is 3. The molecule has 0 saturated carbocycles. The van der Waals surface area contributed by atoms with Gasteiger partial charge in [0.15, 0.2) is 0 Å². The summed E-state index contributed by atoms with van der Waals surface area (Å²) in [7, 11) is 0. The van der Waals surface area contributed by atoms with E-state index in [2.05, 4.69) is 10.6 Å². The van der Waals surface area contributed by atoms with Gasteiger partial charge in [-0.15, -0.1) is 0 Å². The number of rotatable bonds is 5. The van der Waals surface area contributed by atoms with Crippen molar-refractivity contribution in [2.24, 2.45) is 0 Å². The molecular formula is C20H20FN3O3. The first-order valence-electron chi connectivity index (χ1n) is 8.63. The molecule has 3 rings (SSSR count). The van der Waals surface area contributed by atoms with Crippen LogP contribution in [-0.4, -0.2) is 29.3 Å². The van der Waals surface area contributed by atoms with Crippen LogP contribution in [0.5, 0.6) is 0 Å².